The normalized spacial score (nSPS) is 22.8. The number of rotatable bonds is 6. The van der Waals surface area contributed by atoms with Gasteiger partial charge in [0.25, 0.3) is 0 Å². The number of halogens is 4. The minimum atomic E-state index is -4.63. The Morgan fingerprint density at radius 3 is 2.58 bits per heavy atom. The number of aliphatic hydroxyl groups is 1. The Hall–Kier alpha value is -2.82. The third-order valence-corrected chi connectivity index (χ3v) is 7.21. The minimum absolute atomic E-state index is 0.177. The topological polar surface area (TPSA) is 88.6 Å². The first-order valence-electron chi connectivity index (χ1n) is 12.8. The van der Waals surface area contributed by atoms with Crippen molar-refractivity contribution in [2.75, 3.05) is 23.7 Å². The summed E-state index contributed by atoms with van der Waals surface area (Å²) >= 11 is 6.51. The maximum absolute atomic E-state index is 13.1. The number of aryl methyl sites for hydroxylation is 3. The third-order valence-electron chi connectivity index (χ3n) is 6.87. The summed E-state index contributed by atoms with van der Waals surface area (Å²) in [7, 11) is 0. The van der Waals surface area contributed by atoms with Crippen LogP contribution in [0.15, 0.2) is 46.2 Å². The Labute approximate surface area is 225 Å². The number of alkyl halides is 3. The standard InChI is InChI=1S/C27H34ClF3N6O/c1-16-13-21(17(2)12-19(16)22-9-6-7-11-37(22)15-23(38)27(29,30)31)32-24-10-5-4-8-20(28)26(33-24)34-25-14-18(3)35-36-25/h8,10,12-14,22-23,32,38H,4-7,9,11,15H2,1-3H3,(H2,33,34,35,36)/b20-8?,24-10-/t22?,23-/m1/s1. The van der Waals surface area contributed by atoms with Crippen LogP contribution in [0.2, 0.25) is 0 Å². The molecule has 7 nitrogen and oxygen atoms in total. The summed E-state index contributed by atoms with van der Waals surface area (Å²) < 4.78 is 39.2. The molecule has 38 heavy (non-hydrogen) atoms. The number of likely N-dealkylation sites (tertiary alicyclic amines) is 1. The van der Waals surface area contributed by atoms with Gasteiger partial charge in [0.2, 0.25) is 0 Å². The van der Waals surface area contributed by atoms with Crippen LogP contribution in [0.5, 0.6) is 0 Å². The van der Waals surface area contributed by atoms with Gasteiger partial charge < -0.3 is 15.7 Å². The van der Waals surface area contributed by atoms with Crippen molar-refractivity contribution in [2.24, 2.45) is 4.99 Å². The van der Waals surface area contributed by atoms with Gasteiger partial charge in [0.1, 0.15) is 5.82 Å². The first kappa shape index (κ1) is 28.2. The zero-order valence-electron chi connectivity index (χ0n) is 21.8. The number of aromatic amines is 1. The molecule has 3 heterocycles. The molecule has 4 rings (SSSR count). The fraction of sp³-hybridized carbons (Fsp3) is 0.481. The summed E-state index contributed by atoms with van der Waals surface area (Å²) in [4.78, 5) is 6.49. The van der Waals surface area contributed by atoms with E-state index in [4.69, 9.17) is 16.6 Å². The van der Waals surface area contributed by atoms with Crippen LogP contribution in [0.3, 0.4) is 0 Å². The van der Waals surface area contributed by atoms with E-state index in [1.165, 1.54) is 0 Å². The maximum Gasteiger partial charge on any atom is 0.415 e. The van der Waals surface area contributed by atoms with Crippen LogP contribution in [0.1, 0.15) is 60.5 Å². The quantitative estimate of drug-likeness (QED) is 0.331. The van der Waals surface area contributed by atoms with E-state index in [0.717, 1.165) is 60.2 Å². The van der Waals surface area contributed by atoms with Crippen molar-refractivity contribution in [2.45, 2.75) is 71.2 Å². The number of piperidine rings is 1. The molecule has 2 atom stereocenters. The highest BCUT2D eigenvalue weighted by Crippen LogP contribution is 2.36. The molecule has 1 aromatic carbocycles. The molecular formula is C27H34ClF3N6O. The van der Waals surface area contributed by atoms with Gasteiger partial charge in [-0.05, 0) is 81.8 Å². The SMILES string of the molecule is Cc1cc(N/C2=N/C(Nc3cc(C)c(C4CCCCN4C[C@@H](O)C(F)(F)F)cc3C)=C\CCC=C2Cl)n[nH]1. The molecule has 1 saturated heterocycles. The second-order valence-corrected chi connectivity index (χ2v) is 10.4. The number of hydrogen-bond acceptors (Lipinski definition) is 6. The smallest absolute Gasteiger partial charge is 0.382 e. The Balaban J connectivity index is 1.56. The largest absolute Gasteiger partial charge is 0.415 e. The highest BCUT2D eigenvalue weighted by atomic mass is 35.5. The number of aliphatic hydroxyl groups excluding tert-OH is 1. The van der Waals surface area contributed by atoms with Crippen molar-refractivity contribution in [3.63, 3.8) is 0 Å². The highest BCUT2D eigenvalue weighted by Gasteiger charge is 2.40. The van der Waals surface area contributed by atoms with Crippen LogP contribution >= 0.6 is 11.6 Å². The lowest BCUT2D eigenvalue weighted by Crippen LogP contribution is -2.44. The molecule has 0 radical (unpaired) electrons. The van der Waals surface area contributed by atoms with Gasteiger partial charge in [0.15, 0.2) is 17.8 Å². The number of aromatic nitrogens is 2. The summed E-state index contributed by atoms with van der Waals surface area (Å²) in [5.41, 5.74) is 4.66. The number of nitrogens with zero attached hydrogens (tertiary/aromatic N) is 3. The fourth-order valence-corrected chi connectivity index (χ4v) is 5.07. The zero-order chi connectivity index (χ0) is 27.4. The third kappa shape index (κ3) is 6.98. The van der Waals surface area contributed by atoms with Crippen molar-refractivity contribution < 1.29 is 18.3 Å². The summed E-state index contributed by atoms with van der Waals surface area (Å²) in [6.45, 7) is 5.94. The van der Waals surface area contributed by atoms with Gasteiger partial charge in [-0.15, -0.1) is 0 Å². The number of aliphatic imine (C=N–C) groups is 1. The summed E-state index contributed by atoms with van der Waals surface area (Å²) in [5.74, 6) is 1.72. The van der Waals surface area contributed by atoms with E-state index < -0.39 is 18.8 Å². The molecule has 1 aromatic heterocycles. The van der Waals surface area contributed by atoms with Gasteiger partial charge in [0, 0.05) is 30.0 Å². The predicted octanol–water partition coefficient (Wildman–Crippen LogP) is 6.47. The number of hydrogen-bond donors (Lipinski definition) is 4. The van der Waals surface area contributed by atoms with E-state index in [9.17, 15) is 18.3 Å². The molecule has 4 N–H and O–H groups in total. The van der Waals surface area contributed by atoms with Crippen molar-refractivity contribution in [3.05, 3.63) is 63.6 Å². The Morgan fingerprint density at radius 2 is 1.87 bits per heavy atom. The second-order valence-electron chi connectivity index (χ2n) is 9.95. The molecule has 0 bridgehead atoms. The van der Waals surface area contributed by atoms with Crippen LogP contribution in [-0.2, 0) is 0 Å². The van der Waals surface area contributed by atoms with Gasteiger partial charge in [-0.2, -0.15) is 18.3 Å². The van der Waals surface area contributed by atoms with Crippen LogP contribution in [-0.4, -0.2) is 51.4 Å². The maximum atomic E-state index is 13.1. The molecule has 0 spiro atoms. The van der Waals surface area contributed by atoms with E-state index in [1.54, 1.807) is 4.90 Å². The monoisotopic (exact) mass is 550 g/mol. The van der Waals surface area contributed by atoms with E-state index >= 15 is 0 Å². The highest BCUT2D eigenvalue weighted by molar-refractivity contribution is 6.45. The number of anilines is 2. The molecule has 11 heteroatoms. The first-order valence-corrected chi connectivity index (χ1v) is 13.2. The molecule has 2 aliphatic rings. The molecule has 2 aliphatic heterocycles. The van der Waals surface area contributed by atoms with Crippen LogP contribution < -0.4 is 10.6 Å². The average Bonchev–Trinajstić information content (AvgIpc) is 3.26. The van der Waals surface area contributed by atoms with Crippen LogP contribution in [0, 0.1) is 20.8 Å². The Bertz CT molecular complexity index is 1240. The molecule has 0 aliphatic carbocycles. The number of benzene rings is 1. The molecule has 2 aromatic rings. The number of β-amino-alcohol motifs (C(OH)–C–C–N with tert-alkyl or cyclic N) is 1. The van der Waals surface area contributed by atoms with Gasteiger partial charge in [-0.25, -0.2) is 4.99 Å². The summed E-state index contributed by atoms with van der Waals surface area (Å²) in [5, 5.41) is 23.9. The lowest BCUT2D eigenvalue weighted by atomic mass is 9.90. The second kappa shape index (κ2) is 11.9. The van der Waals surface area contributed by atoms with Crippen LogP contribution in [0.25, 0.3) is 0 Å². The number of H-pyrrole nitrogens is 1. The van der Waals surface area contributed by atoms with Crippen LogP contribution in [0.4, 0.5) is 24.7 Å². The zero-order valence-corrected chi connectivity index (χ0v) is 22.5. The number of allylic oxidation sites excluding steroid dienone is 2. The van der Waals surface area contributed by atoms with E-state index in [1.807, 2.05) is 51.1 Å². The molecule has 1 unspecified atom stereocenters. The molecule has 0 amide bonds. The number of nitrogens with one attached hydrogen (secondary N) is 3. The molecule has 206 valence electrons. The van der Waals surface area contributed by atoms with Gasteiger partial charge in [-0.3, -0.25) is 10.00 Å². The number of amidine groups is 1. The van der Waals surface area contributed by atoms with Gasteiger partial charge in [-0.1, -0.05) is 30.2 Å². The minimum Gasteiger partial charge on any atom is -0.382 e. The van der Waals surface area contributed by atoms with Crippen molar-refractivity contribution in [3.8, 4) is 0 Å². The predicted molar refractivity (Wildman–Crippen MR) is 145 cm³/mol. The van der Waals surface area contributed by atoms with Crippen molar-refractivity contribution >= 4 is 28.9 Å². The van der Waals surface area contributed by atoms with E-state index in [-0.39, 0.29) is 6.04 Å². The summed E-state index contributed by atoms with van der Waals surface area (Å²) in [6.07, 6.45) is 0.932. The molecule has 0 saturated carbocycles. The molecular weight excluding hydrogens is 517 g/mol. The average molecular weight is 551 g/mol. The van der Waals surface area contributed by atoms with Gasteiger partial charge in [0.05, 0.1) is 5.03 Å². The molecule has 1 fully saturated rings. The van der Waals surface area contributed by atoms with Gasteiger partial charge >= 0.3 is 6.18 Å². The Morgan fingerprint density at radius 1 is 1.11 bits per heavy atom. The summed E-state index contributed by atoms with van der Waals surface area (Å²) in [6, 6.07) is 5.72. The lowest BCUT2D eigenvalue weighted by Gasteiger charge is -2.38. The van der Waals surface area contributed by atoms with E-state index in [0.29, 0.717) is 29.1 Å². The fourth-order valence-electron chi connectivity index (χ4n) is 4.87. The van der Waals surface area contributed by atoms with Crippen molar-refractivity contribution in [1.82, 2.24) is 15.1 Å². The van der Waals surface area contributed by atoms with E-state index in [2.05, 4.69) is 20.8 Å². The van der Waals surface area contributed by atoms with Crippen molar-refractivity contribution in [1.29, 1.82) is 0 Å². The lowest BCUT2D eigenvalue weighted by molar-refractivity contribution is -0.210. The Kier molecular flexibility index (Phi) is 8.85. The first-order chi connectivity index (χ1) is 18.0.